The van der Waals surface area contributed by atoms with Gasteiger partial charge in [-0.2, -0.15) is 30.8 Å². The van der Waals surface area contributed by atoms with Gasteiger partial charge in [0.15, 0.2) is 0 Å². The molecule has 0 unspecified atom stereocenters. The highest BCUT2D eigenvalue weighted by atomic mass is 32.2. The number of hydrogen-bond donors (Lipinski definition) is 1. The summed E-state index contributed by atoms with van der Waals surface area (Å²) in [6.45, 7) is 0. The zero-order chi connectivity index (χ0) is 17.7. The van der Waals surface area contributed by atoms with Gasteiger partial charge >= 0.3 is 0 Å². The van der Waals surface area contributed by atoms with Crippen LogP contribution >= 0.6 is 72.1 Å². The van der Waals surface area contributed by atoms with Crippen molar-refractivity contribution in [1.29, 1.82) is 0 Å². The van der Waals surface area contributed by atoms with Crippen LogP contribution in [0.15, 0.2) is 41.3 Å². The molecule has 0 aliphatic heterocycles. The fourth-order valence-electron chi connectivity index (χ4n) is 1.69. The van der Waals surface area contributed by atoms with Crippen molar-refractivity contribution in [2.75, 3.05) is 5.32 Å². The average molecular weight is 454 g/mol. The average Bonchev–Trinajstić information content (AvgIpc) is 3.14. The molecule has 13 heteroatoms. The maximum atomic E-state index is 13.3. The van der Waals surface area contributed by atoms with Gasteiger partial charge in [0.1, 0.15) is 0 Å². The summed E-state index contributed by atoms with van der Waals surface area (Å²) < 4.78 is 66.1. The third kappa shape index (κ3) is 3.96. The quantitative estimate of drug-likeness (QED) is 0.429. The molecule has 24 heavy (non-hydrogen) atoms. The molecule has 0 spiro atoms. The number of thiophene rings is 1. The highest BCUT2D eigenvalue weighted by Gasteiger charge is 2.29. The molecule has 1 amide bonds. The van der Waals surface area contributed by atoms with Crippen molar-refractivity contribution in [3.63, 3.8) is 0 Å². The van der Waals surface area contributed by atoms with Crippen LogP contribution in [0.4, 0.5) is 25.1 Å². The topological polar surface area (TPSA) is 29.1 Å². The Balaban J connectivity index is 2.65. The number of benzene rings is 1. The fourth-order valence-corrected chi connectivity index (χ4v) is 5.18. The Kier molecular flexibility index (Phi) is 7.94. The molecule has 0 bridgehead atoms. The normalized spacial score (nSPS) is 10.9. The van der Waals surface area contributed by atoms with Crippen molar-refractivity contribution >= 4 is 83.7 Å². The zero-order valence-electron chi connectivity index (χ0n) is 11.0. The first-order valence-corrected chi connectivity index (χ1v) is 10.2. The lowest BCUT2D eigenvalue weighted by Crippen LogP contribution is -2.13. The molecule has 1 aromatic carbocycles. The second-order valence-electron chi connectivity index (χ2n) is 3.87. The first-order valence-electron chi connectivity index (χ1n) is 5.63. The van der Waals surface area contributed by atoms with Gasteiger partial charge in [-0.3, -0.25) is 4.79 Å². The molecule has 1 aromatic heterocycles. The Morgan fingerprint density at radius 2 is 1.29 bits per heavy atom. The summed E-state index contributed by atoms with van der Waals surface area (Å²) in [5.41, 5.74) is -0.248. The van der Waals surface area contributed by atoms with E-state index in [2.05, 4.69) is 5.32 Å². The van der Waals surface area contributed by atoms with E-state index in [0.29, 0.717) is 0 Å². The van der Waals surface area contributed by atoms with Gasteiger partial charge in [-0.15, -0.1) is 0 Å². The van der Waals surface area contributed by atoms with Gasteiger partial charge < -0.3 is 5.32 Å². The molecular weight excluding hydrogens is 450 g/mol. The molecule has 1 heterocycles. The van der Waals surface area contributed by atoms with E-state index in [1.165, 1.54) is 22.8 Å². The van der Waals surface area contributed by atoms with Crippen molar-refractivity contribution in [3.8, 4) is 0 Å². The predicted octanol–water partition coefficient (Wildman–Crippen LogP) is 7.88. The molecule has 2 nitrogen and oxygen atoms in total. The van der Waals surface area contributed by atoms with Crippen LogP contribution in [0.25, 0.3) is 0 Å². The summed E-state index contributed by atoms with van der Waals surface area (Å²) in [7, 11) is 0. The Morgan fingerprint density at radius 1 is 0.833 bits per heavy atom. The standard InChI is InChI=1S/C11H4F5NOS6/c12-20-6-5(17-11(18)4-1-2-19-3-4)7(21-13)9(23-15)10(24-16)8(6)22-14/h1-3H,(H,17,18). The lowest BCUT2D eigenvalue weighted by atomic mass is 10.2. The zero-order valence-corrected chi connectivity index (χ0v) is 15.9. The van der Waals surface area contributed by atoms with Gasteiger partial charge in [-0.05, 0) is 11.4 Å². The molecule has 130 valence electrons. The van der Waals surface area contributed by atoms with Crippen LogP contribution in [-0.2, 0) is 0 Å². The number of halogens is 5. The van der Waals surface area contributed by atoms with E-state index in [0.717, 1.165) is 0 Å². The van der Waals surface area contributed by atoms with Crippen LogP contribution in [0.1, 0.15) is 10.4 Å². The second kappa shape index (κ2) is 9.48. The van der Waals surface area contributed by atoms with Crippen LogP contribution < -0.4 is 5.32 Å². The molecule has 2 aromatic rings. The van der Waals surface area contributed by atoms with E-state index in [1.54, 1.807) is 5.38 Å². The van der Waals surface area contributed by atoms with E-state index in [9.17, 15) is 24.2 Å². The molecule has 0 aliphatic rings. The number of nitrogens with one attached hydrogen (secondary N) is 1. The molecule has 1 N–H and O–H groups in total. The molecule has 0 fully saturated rings. The summed E-state index contributed by atoms with van der Waals surface area (Å²) in [5.74, 6) is -0.716. The van der Waals surface area contributed by atoms with Crippen LogP contribution in [-0.4, -0.2) is 5.91 Å². The third-order valence-electron chi connectivity index (χ3n) is 2.69. The predicted molar refractivity (Wildman–Crippen MR) is 93.5 cm³/mol. The molecular formula is C11H4F5NOS6. The van der Waals surface area contributed by atoms with Crippen molar-refractivity contribution in [2.45, 2.75) is 24.5 Å². The van der Waals surface area contributed by atoms with E-state index in [1.807, 2.05) is 0 Å². The maximum absolute atomic E-state index is 13.3. The first kappa shape index (κ1) is 20.1. The van der Waals surface area contributed by atoms with Crippen molar-refractivity contribution < 1.29 is 24.2 Å². The minimum atomic E-state index is -0.716. The van der Waals surface area contributed by atoms with Crippen molar-refractivity contribution in [1.82, 2.24) is 0 Å². The fraction of sp³-hybridized carbons (Fsp3) is 0. The summed E-state index contributed by atoms with van der Waals surface area (Å²) in [6, 6.07) is 1.46. The van der Waals surface area contributed by atoms with Gasteiger partial charge in [0, 0.05) is 5.38 Å². The number of carbonyl (C=O) groups is 1. The number of rotatable bonds is 7. The minimum absolute atomic E-state index is 0.206. The van der Waals surface area contributed by atoms with Gasteiger partial charge in [0.25, 0.3) is 5.91 Å². The number of carbonyl (C=O) groups excluding carboxylic acids is 1. The van der Waals surface area contributed by atoms with Crippen LogP contribution in [0.5, 0.6) is 0 Å². The highest BCUT2D eigenvalue weighted by molar-refractivity contribution is 8.00. The van der Waals surface area contributed by atoms with Gasteiger partial charge in [-0.25, -0.2) is 0 Å². The SMILES string of the molecule is O=C(Nc1c(SF)c(SF)c(SF)c(SF)c1SF)c1ccsc1. The summed E-state index contributed by atoms with van der Waals surface area (Å²) in [4.78, 5) is 9.30. The van der Waals surface area contributed by atoms with Crippen LogP contribution in [0, 0.1) is 0 Å². The van der Waals surface area contributed by atoms with Gasteiger partial charge in [-0.1, -0.05) is 0 Å². The van der Waals surface area contributed by atoms with E-state index < -0.39 is 96.8 Å². The Morgan fingerprint density at radius 3 is 1.67 bits per heavy atom. The molecule has 0 saturated carbocycles. The summed E-state index contributed by atoms with van der Waals surface area (Å²) >= 11 is -1.37. The van der Waals surface area contributed by atoms with Crippen LogP contribution in [0.3, 0.4) is 0 Å². The Bertz CT molecular complexity index is 695. The lowest BCUT2D eigenvalue weighted by molar-refractivity contribution is 0.102. The monoisotopic (exact) mass is 453 g/mol. The number of hydrogen-bond acceptors (Lipinski definition) is 7. The van der Waals surface area contributed by atoms with Crippen LogP contribution in [0.2, 0.25) is 0 Å². The van der Waals surface area contributed by atoms with E-state index >= 15 is 0 Å². The molecule has 0 radical (unpaired) electrons. The summed E-state index contributed by atoms with van der Waals surface area (Å²) in [5, 5.41) is 5.34. The van der Waals surface area contributed by atoms with Crippen molar-refractivity contribution in [2.24, 2.45) is 0 Å². The Hall–Kier alpha value is -0.210. The first-order chi connectivity index (χ1) is 11.6. The van der Waals surface area contributed by atoms with E-state index in [4.69, 9.17) is 0 Å². The van der Waals surface area contributed by atoms with Crippen molar-refractivity contribution in [3.05, 3.63) is 22.4 Å². The lowest BCUT2D eigenvalue weighted by Gasteiger charge is -2.17. The molecule has 0 saturated heterocycles. The molecule has 0 aliphatic carbocycles. The number of anilines is 1. The largest absolute Gasteiger partial charge is 0.320 e. The minimum Gasteiger partial charge on any atom is -0.320 e. The smallest absolute Gasteiger partial charge is 0.256 e. The molecule has 2 rings (SSSR count). The van der Waals surface area contributed by atoms with Gasteiger partial charge in [0.2, 0.25) is 0 Å². The van der Waals surface area contributed by atoms with E-state index in [-0.39, 0.29) is 5.56 Å². The highest BCUT2D eigenvalue weighted by Crippen LogP contribution is 2.54. The second-order valence-corrected chi connectivity index (χ2v) is 7.47. The van der Waals surface area contributed by atoms with Gasteiger partial charge in [0.05, 0.1) is 96.5 Å². The Labute approximate surface area is 159 Å². The molecule has 0 atom stereocenters. The summed E-state index contributed by atoms with van der Waals surface area (Å²) in [6.07, 6.45) is 0. The maximum Gasteiger partial charge on any atom is 0.256 e. The number of amides is 1. The third-order valence-corrected chi connectivity index (χ3v) is 6.70.